The van der Waals surface area contributed by atoms with Crippen molar-refractivity contribution in [2.75, 3.05) is 67.5 Å². The standard InChI is InChI=1S/5C13H13N2O2.C9H19N.C8H18N2.C4H11N.C4H10O.C2H6.5W/c5*1-9-7-8-11(13(17)14-9)15-12(16)10-5-3-2-4-6-10;1-8(2)9-4-6-10(3)7-5-9;1-8(2)10-6-4-9(3)5-7-10;2*1-4(2)5-3;1-2;;;;;/h5*2-5,11H,1,7-8H2,(H2,14,15,16,17);8-9H,4-7H2,1-3H3;8H,4-7H2,1-3H3;4-5H,1-3H3;4H,1-3H3;1-2H3;;;;;/q5*-1;;;;;;5*+2/p-5. The molecule has 0 aromatic heterocycles. The van der Waals surface area contributed by atoms with Crippen LogP contribution in [0.2, 0.25) is 0 Å². The van der Waals surface area contributed by atoms with Crippen molar-refractivity contribution in [3.05, 3.63) is 267 Å². The summed E-state index contributed by atoms with van der Waals surface area (Å²) in [6.45, 7) is 47.4. The van der Waals surface area contributed by atoms with E-state index in [1.165, 1.54) is 52.1 Å². The van der Waals surface area contributed by atoms with Crippen LogP contribution in [0.25, 0.3) is 26.6 Å². The van der Waals surface area contributed by atoms with E-state index in [0.717, 1.165) is 17.9 Å². The number of methoxy groups -OCH3 is 1. The van der Waals surface area contributed by atoms with Crippen LogP contribution in [0, 0.1) is 42.2 Å². The van der Waals surface area contributed by atoms with Gasteiger partial charge >= 0.3 is 105 Å². The smallest absolute Gasteiger partial charge is 0.684 e. The summed E-state index contributed by atoms with van der Waals surface area (Å²) in [5.74, 6) is -1.42. The number of allylic oxidation sites excluding steroid dienone is 5. The second-order valence-electron chi connectivity index (χ2n) is 29.3. The van der Waals surface area contributed by atoms with Crippen LogP contribution in [0.15, 0.2) is 183 Å². The summed E-state index contributed by atoms with van der Waals surface area (Å²) in [7, 11) is 8.06. The maximum Gasteiger partial charge on any atom is 2.00 e. The predicted molar refractivity (Wildman–Crippen MR) is 463 cm³/mol. The predicted octanol–water partition coefficient (Wildman–Crippen LogP) is 14.3. The van der Waals surface area contributed by atoms with Gasteiger partial charge in [0.15, 0.2) is 0 Å². The normalized spacial score (nSPS) is 18.5. The number of nitrogens with zero attached hydrogens (tertiary/aromatic N) is 8. The molecule has 0 saturated carbocycles. The molecule has 658 valence electrons. The maximum absolute atomic E-state index is 11.7. The number of benzene rings is 5. The van der Waals surface area contributed by atoms with Gasteiger partial charge in [0.2, 0.25) is 29.5 Å². The summed E-state index contributed by atoms with van der Waals surface area (Å²) >= 11 is 0. The Morgan fingerprint density at radius 3 is 0.746 bits per heavy atom. The molecule has 7 heterocycles. The fourth-order valence-electron chi connectivity index (χ4n) is 11.1. The Hall–Kier alpha value is -7.26. The van der Waals surface area contributed by atoms with E-state index in [0.29, 0.717) is 133 Å². The molecule has 30 heteroatoms. The van der Waals surface area contributed by atoms with Crippen LogP contribution in [-0.4, -0.2) is 190 Å². The summed E-state index contributed by atoms with van der Waals surface area (Å²) in [5, 5.41) is 35.5. The van der Waals surface area contributed by atoms with Crippen molar-refractivity contribution in [2.24, 2.45) is 11.8 Å². The molecular weight excluding hydrogens is 2400 g/mol. The third-order valence-corrected chi connectivity index (χ3v) is 18.7. The fourth-order valence-corrected chi connectivity index (χ4v) is 11.1. The average Bonchev–Trinajstić information content (AvgIpc) is 0.874. The number of piperidine rings is 6. The SMILES string of the molecule is C=C1CCC([N-]C(=O)c2[c-]cccc2)C(=O)N1.C=C1CCC([N-]C(=O)c2[c-]cccc2)C(=O)N1.C=C1CCC([N-]C(=O)c2[c-]cccc2)C(=O)N1.C=C1CCC([N-]C(=O)c2[c-]cccc2)C(=O)N1.C=C1CCC([N-]C(=O)c2[c-]cccc2)C(=O)N1.CC.CC(C)C1CCN(C)CC1.CC(C)N1CCN(C)CC1.CNC(C)C.COC(C)C.[W+2].[W+2].[W+2].[W+2].[W+2]. The van der Waals surface area contributed by atoms with Gasteiger partial charge in [-0.25, -0.2) is 0 Å². The first-order valence-corrected chi connectivity index (χ1v) is 40.1. The minimum absolute atomic E-state index is 0. The van der Waals surface area contributed by atoms with Crippen molar-refractivity contribution in [1.29, 1.82) is 0 Å². The monoisotopic (exact) mass is 2520 g/mol. The van der Waals surface area contributed by atoms with Crippen LogP contribution in [0.1, 0.15) is 198 Å². The Morgan fingerprint density at radius 2 is 0.590 bits per heavy atom. The Kier molecular flexibility index (Phi) is 65.4. The van der Waals surface area contributed by atoms with Crippen molar-refractivity contribution < 1.29 is 158 Å². The van der Waals surface area contributed by atoms with Gasteiger partial charge in [0.25, 0.3) is 0 Å². The molecule has 0 aliphatic carbocycles. The maximum atomic E-state index is 11.7. The summed E-state index contributed by atoms with van der Waals surface area (Å²) in [6.07, 6.45) is 9.15. The Balaban J connectivity index is -0.00000132. The van der Waals surface area contributed by atoms with Gasteiger partial charge in [-0.3, -0.25) is 28.9 Å². The first kappa shape index (κ1) is 119. The van der Waals surface area contributed by atoms with Gasteiger partial charge in [0.1, 0.15) is 0 Å². The molecule has 10 amide bonds. The Morgan fingerprint density at radius 1 is 0.385 bits per heavy atom. The van der Waals surface area contributed by atoms with Crippen molar-refractivity contribution >= 4 is 59.1 Å². The molecule has 0 spiro atoms. The number of carbonyl (C=O) groups is 10. The van der Waals surface area contributed by atoms with Gasteiger partial charge in [-0.15, -0.1) is 179 Å². The number of rotatable bonds is 14. The molecule has 5 aromatic carbocycles. The molecule has 7 saturated heterocycles. The molecule has 12 rings (SSSR count). The van der Waals surface area contributed by atoms with E-state index in [-0.39, 0.29) is 135 Å². The van der Waals surface area contributed by atoms with E-state index in [4.69, 9.17) is 4.74 Å². The molecule has 0 bridgehead atoms. The van der Waals surface area contributed by atoms with Crippen LogP contribution in [-0.2, 0) is 134 Å². The van der Waals surface area contributed by atoms with Crippen LogP contribution < -0.4 is 31.9 Å². The zero-order valence-electron chi connectivity index (χ0n) is 73.2. The zero-order chi connectivity index (χ0) is 86.9. The van der Waals surface area contributed by atoms with E-state index in [1.54, 1.807) is 128 Å². The number of hydrogen-bond acceptors (Lipinski definition) is 15. The molecule has 0 radical (unpaired) electrons. The third-order valence-electron chi connectivity index (χ3n) is 18.7. The van der Waals surface area contributed by atoms with Gasteiger partial charge in [-0.05, 0) is 178 Å². The van der Waals surface area contributed by atoms with Crippen molar-refractivity contribution in [2.45, 2.75) is 195 Å². The fraction of sp³-hybridized carbons (Fsp3) is 0.457. The molecule has 122 heavy (non-hydrogen) atoms. The van der Waals surface area contributed by atoms with Gasteiger partial charge in [0.05, 0.1) is 6.10 Å². The van der Waals surface area contributed by atoms with E-state index >= 15 is 0 Å². The Bertz CT molecular complexity index is 3410. The van der Waals surface area contributed by atoms with Crippen LogP contribution in [0.4, 0.5) is 0 Å². The van der Waals surface area contributed by atoms with Crippen LogP contribution in [0.5, 0.6) is 0 Å². The molecule has 7 aliphatic heterocycles. The second kappa shape index (κ2) is 67.1. The largest absolute Gasteiger partial charge is 2.00 e. The molecule has 5 unspecified atom stereocenters. The number of amides is 10. The van der Waals surface area contributed by atoms with Gasteiger partial charge in [-0.1, -0.05) is 107 Å². The number of likely N-dealkylation sites (N-methyl/N-ethyl adjacent to an activating group) is 1. The molecule has 25 nitrogen and oxygen atoms in total. The van der Waals surface area contributed by atoms with Crippen LogP contribution >= 0.6 is 0 Å². The van der Waals surface area contributed by atoms with Crippen molar-refractivity contribution in [3.8, 4) is 0 Å². The third kappa shape index (κ3) is 48.9. The summed E-state index contributed by atoms with van der Waals surface area (Å²) < 4.78 is 4.75. The summed E-state index contributed by atoms with van der Waals surface area (Å²) in [6, 6.07) is 46.2. The average molecular weight is 2520 g/mol. The van der Waals surface area contributed by atoms with E-state index in [2.05, 4.69) is 192 Å². The van der Waals surface area contributed by atoms with Gasteiger partial charge in [-0.2, -0.15) is 0 Å². The van der Waals surface area contributed by atoms with Crippen molar-refractivity contribution in [1.82, 2.24) is 46.6 Å². The molecule has 5 atom stereocenters. The van der Waals surface area contributed by atoms with E-state index < -0.39 is 59.7 Å². The second-order valence-corrected chi connectivity index (χ2v) is 29.3. The van der Waals surface area contributed by atoms with Crippen LogP contribution in [0.3, 0.4) is 0 Å². The quantitative estimate of drug-likeness (QED) is 0.0563. The van der Waals surface area contributed by atoms with E-state index in [9.17, 15) is 47.9 Å². The van der Waals surface area contributed by atoms with Gasteiger partial charge < -0.3 is 97.0 Å². The molecule has 7 fully saturated rings. The summed E-state index contributed by atoms with van der Waals surface area (Å²) in [5.41, 5.74) is 5.30. The number of hydrogen-bond donors (Lipinski definition) is 6. The van der Waals surface area contributed by atoms with Crippen molar-refractivity contribution in [3.63, 3.8) is 0 Å². The zero-order valence-corrected chi connectivity index (χ0v) is 87.9. The molecular formula is C92H124N14O11W5. The molecule has 7 aliphatic rings. The van der Waals surface area contributed by atoms with Gasteiger partial charge in [0, 0.05) is 73.9 Å². The minimum Gasteiger partial charge on any atom is -0.684 e. The number of nitrogens with one attached hydrogen (secondary N) is 6. The van der Waals surface area contributed by atoms with E-state index in [1.807, 2.05) is 34.7 Å². The number of ether oxygens (including phenoxy) is 1. The minimum atomic E-state index is -0.610. The molecule has 5 aromatic rings. The topological polar surface area (TPSA) is 332 Å². The first-order valence-electron chi connectivity index (χ1n) is 40.1. The Labute approximate surface area is 798 Å². The number of piperazine rings is 1. The number of carbonyl (C=O) groups excluding carboxylic acids is 10. The first-order chi connectivity index (χ1) is 55.8. The summed E-state index contributed by atoms with van der Waals surface area (Å²) in [4.78, 5) is 124. The number of likely N-dealkylation sites (tertiary alicyclic amines) is 1. The molecule has 6 N–H and O–H groups in total.